The lowest BCUT2D eigenvalue weighted by Gasteiger charge is -2.10. The van der Waals surface area contributed by atoms with Crippen molar-refractivity contribution in [2.75, 3.05) is 7.11 Å². The van der Waals surface area contributed by atoms with E-state index < -0.39 is 23.8 Å². The van der Waals surface area contributed by atoms with Crippen LogP contribution in [0.2, 0.25) is 0 Å². The molecule has 0 radical (unpaired) electrons. The molecule has 4 aromatic rings. The number of methoxy groups -OCH3 is 1. The zero-order chi connectivity index (χ0) is 25.8. The highest BCUT2D eigenvalue weighted by Crippen LogP contribution is 2.15. The number of nitrogens with one attached hydrogen (secondary N) is 2. The molecule has 2 aromatic carbocycles. The molecule has 2 amide bonds. The summed E-state index contributed by atoms with van der Waals surface area (Å²) in [4.78, 5) is 41.3. The highest BCUT2D eigenvalue weighted by Gasteiger charge is 2.20. The largest absolute Gasteiger partial charge is 0.479 e. The number of aromatic hydroxyl groups is 1. The molecule has 2 aromatic heterocycles. The van der Waals surface area contributed by atoms with Crippen LogP contribution in [0, 0.1) is 12.7 Å². The molecule has 36 heavy (non-hydrogen) atoms. The van der Waals surface area contributed by atoms with Crippen LogP contribution in [0.15, 0.2) is 48.5 Å². The second kappa shape index (κ2) is 10.2. The lowest BCUT2D eigenvalue weighted by atomic mass is 10.1. The van der Waals surface area contributed by atoms with E-state index in [2.05, 4.69) is 30.6 Å². The number of fused-ring (bicyclic) bond motifs is 1. The van der Waals surface area contributed by atoms with Crippen LogP contribution in [0.5, 0.6) is 6.01 Å². The number of benzene rings is 2. The van der Waals surface area contributed by atoms with E-state index in [1.165, 1.54) is 25.3 Å². The molecular formula is C24H21FN6O5. The van der Waals surface area contributed by atoms with Crippen LogP contribution in [0.4, 0.5) is 4.39 Å². The summed E-state index contributed by atoms with van der Waals surface area (Å²) in [5.74, 6) is -2.21. The fourth-order valence-corrected chi connectivity index (χ4v) is 3.41. The van der Waals surface area contributed by atoms with Crippen LogP contribution in [-0.4, -0.2) is 49.6 Å². The molecule has 0 aliphatic heterocycles. The van der Waals surface area contributed by atoms with E-state index >= 15 is 0 Å². The third kappa shape index (κ3) is 5.12. The molecule has 0 bridgehead atoms. The molecule has 0 fully saturated rings. The SMILES string of the molecule is COC(=O)c1ccc(CNC(=O)c2cc(C(=O)NCc3ccc(F)c(C)c3)n3c(O)nnc3n2)cc1. The maximum absolute atomic E-state index is 13.5. The van der Waals surface area contributed by atoms with Gasteiger partial charge in [-0.2, -0.15) is 0 Å². The average Bonchev–Trinajstić information content (AvgIpc) is 3.27. The minimum Gasteiger partial charge on any atom is -0.479 e. The Morgan fingerprint density at radius 2 is 1.64 bits per heavy atom. The van der Waals surface area contributed by atoms with Crippen LogP contribution < -0.4 is 10.6 Å². The number of ether oxygens (including phenoxy) is 1. The van der Waals surface area contributed by atoms with Crippen molar-refractivity contribution in [1.29, 1.82) is 0 Å². The molecule has 0 unspecified atom stereocenters. The van der Waals surface area contributed by atoms with Crippen molar-refractivity contribution in [3.8, 4) is 6.01 Å². The Labute approximate surface area is 204 Å². The third-order valence-corrected chi connectivity index (χ3v) is 5.33. The summed E-state index contributed by atoms with van der Waals surface area (Å²) in [5, 5.41) is 22.6. The van der Waals surface area contributed by atoms with E-state index in [4.69, 9.17) is 0 Å². The molecule has 0 spiro atoms. The summed E-state index contributed by atoms with van der Waals surface area (Å²) in [5.41, 5.74) is 1.94. The number of nitrogens with zero attached hydrogens (tertiary/aromatic N) is 4. The van der Waals surface area contributed by atoms with E-state index in [1.807, 2.05) is 0 Å². The van der Waals surface area contributed by atoms with Gasteiger partial charge in [0.25, 0.3) is 17.6 Å². The first kappa shape index (κ1) is 24.3. The summed E-state index contributed by atoms with van der Waals surface area (Å²) in [7, 11) is 1.29. The summed E-state index contributed by atoms with van der Waals surface area (Å²) in [6, 6.07) is 11.5. The molecule has 0 atom stereocenters. The maximum Gasteiger partial charge on any atom is 0.337 e. The molecule has 11 nitrogen and oxygen atoms in total. The maximum atomic E-state index is 13.5. The highest BCUT2D eigenvalue weighted by molar-refractivity contribution is 5.98. The lowest BCUT2D eigenvalue weighted by molar-refractivity contribution is 0.0600. The van der Waals surface area contributed by atoms with Gasteiger partial charge in [0.15, 0.2) is 0 Å². The fraction of sp³-hybridized carbons (Fsp3) is 0.167. The molecule has 0 aliphatic rings. The third-order valence-electron chi connectivity index (χ3n) is 5.33. The van der Waals surface area contributed by atoms with Gasteiger partial charge in [0.1, 0.15) is 17.2 Å². The van der Waals surface area contributed by atoms with Crippen molar-refractivity contribution in [3.63, 3.8) is 0 Å². The summed E-state index contributed by atoms with van der Waals surface area (Å²) >= 11 is 0. The number of amides is 2. The van der Waals surface area contributed by atoms with E-state index in [9.17, 15) is 23.9 Å². The van der Waals surface area contributed by atoms with Gasteiger partial charge in [0, 0.05) is 13.1 Å². The van der Waals surface area contributed by atoms with Gasteiger partial charge in [-0.3, -0.25) is 9.59 Å². The zero-order valence-electron chi connectivity index (χ0n) is 19.3. The highest BCUT2D eigenvalue weighted by atomic mass is 19.1. The first-order chi connectivity index (χ1) is 17.3. The number of esters is 1. The number of halogens is 1. The smallest absolute Gasteiger partial charge is 0.337 e. The lowest BCUT2D eigenvalue weighted by Crippen LogP contribution is -2.28. The van der Waals surface area contributed by atoms with Crippen LogP contribution in [0.1, 0.15) is 48.0 Å². The van der Waals surface area contributed by atoms with E-state index in [-0.39, 0.29) is 36.1 Å². The van der Waals surface area contributed by atoms with Gasteiger partial charge in [0.05, 0.1) is 12.7 Å². The standard InChI is InChI=1S/C24H21FN6O5/c1-13-9-15(5-8-17(13)25)12-27-21(33)19-10-18(28-23-29-30-24(35)31(19)23)20(32)26-11-14-3-6-16(7-4-14)22(34)36-2/h3-10H,11-12H2,1-2H3,(H,26,32)(H,27,33)(H,30,35). The van der Waals surface area contributed by atoms with Crippen LogP contribution in [-0.2, 0) is 17.8 Å². The predicted octanol–water partition coefficient (Wildman–Crippen LogP) is 1.92. The molecule has 2 heterocycles. The van der Waals surface area contributed by atoms with Crippen molar-refractivity contribution < 1.29 is 28.6 Å². The molecule has 3 N–H and O–H groups in total. The Morgan fingerprint density at radius 3 is 2.33 bits per heavy atom. The molecule has 0 saturated carbocycles. The fourth-order valence-electron chi connectivity index (χ4n) is 3.41. The van der Waals surface area contributed by atoms with Crippen molar-refractivity contribution >= 4 is 23.6 Å². The van der Waals surface area contributed by atoms with Crippen molar-refractivity contribution in [1.82, 2.24) is 30.2 Å². The van der Waals surface area contributed by atoms with Crippen LogP contribution in [0.25, 0.3) is 5.78 Å². The number of hydrogen-bond donors (Lipinski definition) is 3. The topological polar surface area (TPSA) is 148 Å². The second-order valence-corrected chi connectivity index (χ2v) is 7.80. The first-order valence-electron chi connectivity index (χ1n) is 10.7. The molecule has 0 saturated heterocycles. The monoisotopic (exact) mass is 492 g/mol. The Hall–Kier alpha value is -4.87. The Morgan fingerprint density at radius 1 is 0.972 bits per heavy atom. The van der Waals surface area contributed by atoms with Gasteiger partial charge in [-0.05, 0) is 47.9 Å². The number of rotatable bonds is 7. The number of hydrogen-bond acceptors (Lipinski definition) is 8. The summed E-state index contributed by atoms with van der Waals surface area (Å²) in [6.07, 6.45) is 0. The van der Waals surface area contributed by atoms with E-state index in [1.54, 1.807) is 37.3 Å². The number of carbonyl (C=O) groups is 3. The van der Waals surface area contributed by atoms with Gasteiger partial charge in [0.2, 0.25) is 0 Å². The number of carbonyl (C=O) groups excluding carboxylic acids is 3. The zero-order valence-corrected chi connectivity index (χ0v) is 19.3. The van der Waals surface area contributed by atoms with Gasteiger partial charge >= 0.3 is 12.0 Å². The Balaban J connectivity index is 1.51. The molecule has 184 valence electrons. The van der Waals surface area contributed by atoms with E-state index in [0.29, 0.717) is 22.3 Å². The van der Waals surface area contributed by atoms with Crippen LogP contribution >= 0.6 is 0 Å². The van der Waals surface area contributed by atoms with Gasteiger partial charge < -0.3 is 20.5 Å². The van der Waals surface area contributed by atoms with Gasteiger partial charge in [-0.15, -0.1) is 5.10 Å². The van der Waals surface area contributed by atoms with Crippen molar-refractivity contribution in [2.45, 2.75) is 20.0 Å². The number of aromatic nitrogens is 4. The van der Waals surface area contributed by atoms with Crippen LogP contribution in [0.3, 0.4) is 0 Å². The minimum atomic E-state index is -0.632. The molecule has 12 heteroatoms. The Bertz CT molecular complexity index is 1470. The number of aryl methyl sites for hydroxylation is 1. The first-order valence-corrected chi connectivity index (χ1v) is 10.7. The molecular weight excluding hydrogens is 471 g/mol. The molecule has 4 rings (SSSR count). The second-order valence-electron chi connectivity index (χ2n) is 7.80. The minimum absolute atomic E-state index is 0.0791. The molecule has 0 aliphatic carbocycles. The predicted molar refractivity (Wildman–Crippen MR) is 124 cm³/mol. The van der Waals surface area contributed by atoms with Crippen molar-refractivity contribution in [2.24, 2.45) is 0 Å². The average molecular weight is 492 g/mol. The summed E-state index contributed by atoms with van der Waals surface area (Å²) < 4.78 is 19.2. The van der Waals surface area contributed by atoms with Crippen molar-refractivity contribution in [3.05, 3.63) is 88.0 Å². The Kier molecular flexibility index (Phi) is 6.86. The van der Waals surface area contributed by atoms with Gasteiger partial charge in [-0.1, -0.05) is 29.4 Å². The van der Waals surface area contributed by atoms with E-state index in [0.717, 1.165) is 4.40 Å². The van der Waals surface area contributed by atoms with Gasteiger partial charge in [-0.25, -0.2) is 18.6 Å². The summed E-state index contributed by atoms with van der Waals surface area (Å²) in [6.45, 7) is 1.81. The quantitative estimate of drug-likeness (QED) is 0.332. The normalized spacial score (nSPS) is 10.8.